The number of aliphatic hydroxyl groups is 3. The molecule has 1 aromatic carbocycles. The second-order valence-electron chi connectivity index (χ2n) is 9.72. The predicted molar refractivity (Wildman–Crippen MR) is 110 cm³/mol. The van der Waals surface area contributed by atoms with Crippen LogP contribution in [0.3, 0.4) is 0 Å². The zero-order chi connectivity index (χ0) is 21.9. The number of hydrogen-bond donors (Lipinski definition) is 4. The number of carboxylic acid groups (broad SMARTS) is 1. The van der Waals surface area contributed by atoms with Gasteiger partial charge in [0.25, 0.3) is 0 Å². The Morgan fingerprint density at radius 2 is 1.97 bits per heavy atom. The Labute approximate surface area is 181 Å². The highest BCUT2D eigenvalue weighted by molar-refractivity contribution is 5.73. The molecule has 4 fully saturated rings. The number of nitrogens with zero attached hydrogens (tertiary/aromatic N) is 1. The van der Waals surface area contributed by atoms with Crippen molar-refractivity contribution < 1.29 is 34.7 Å². The van der Waals surface area contributed by atoms with E-state index < -0.39 is 36.7 Å². The molecule has 3 heterocycles. The fourth-order valence-corrected chi connectivity index (χ4v) is 6.40. The zero-order valence-corrected chi connectivity index (χ0v) is 17.7. The maximum atomic E-state index is 11.4. The monoisotopic (exact) mass is 433 g/mol. The highest BCUT2D eigenvalue weighted by atomic mass is 16.7. The summed E-state index contributed by atoms with van der Waals surface area (Å²) in [6.07, 6.45) is -1.12. The number of aliphatic hydroxyl groups excluding tert-OH is 3. The van der Waals surface area contributed by atoms with Crippen molar-refractivity contribution in [1.29, 1.82) is 0 Å². The number of fused-ring (bicyclic) bond motifs is 4. The second kappa shape index (κ2) is 7.71. The van der Waals surface area contributed by atoms with Crippen LogP contribution in [0.25, 0.3) is 0 Å². The topological polar surface area (TPSA) is 120 Å². The molecule has 4 N–H and O–H groups in total. The van der Waals surface area contributed by atoms with E-state index in [1.165, 1.54) is 30.4 Å². The van der Waals surface area contributed by atoms with Crippen LogP contribution < -0.4 is 4.74 Å². The molecule has 1 aromatic rings. The fourth-order valence-electron chi connectivity index (χ4n) is 6.40. The van der Waals surface area contributed by atoms with Gasteiger partial charge in [0.2, 0.25) is 6.29 Å². The van der Waals surface area contributed by atoms with Gasteiger partial charge in [-0.25, -0.2) is 4.79 Å². The van der Waals surface area contributed by atoms with Crippen LogP contribution >= 0.6 is 0 Å². The molecule has 0 amide bonds. The molecule has 31 heavy (non-hydrogen) atoms. The molecule has 3 aliphatic heterocycles. The minimum atomic E-state index is -1.73. The Kier molecular flexibility index (Phi) is 5.26. The maximum absolute atomic E-state index is 11.4. The summed E-state index contributed by atoms with van der Waals surface area (Å²) in [6, 6.07) is 6.56. The minimum Gasteiger partial charge on any atom is -0.479 e. The van der Waals surface area contributed by atoms with Crippen molar-refractivity contribution in [3.05, 3.63) is 29.3 Å². The fraction of sp³-hybridized carbons (Fsp3) is 0.696. The van der Waals surface area contributed by atoms with E-state index in [9.17, 15) is 25.2 Å². The average molecular weight is 434 g/mol. The number of ether oxygens (including phenoxy) is 2. The number of aliphatic carboxylic acids is 1. The summed E-state index contributed by atoms with van der Waals surface area (Å²) in [5.41, 5.74) is 2.76. The summed E-state index contributed by atoms with van der Waals surface area (Å²) in [5, 5.41) is 39.5. The number of aryl methyl sites for hydroxylation is 1. The molecule has 8 heteroatoms. The van der Waals surface area contributed by atoms with Crippen LogP contribution in [0.4, 0.5) is 0 Å². The number of carbonyl (C=O) groups is 1. The lowest BCUT2D eigenvalue weighted by atomic mass is 9.56. The van der Waals surface area contributed by atoms with Gasteiger partial charge in [-0.3, -0.25) is 0 Å². The summed E-state index contributed by atoms with van der Waals surface area (Å²) in [5.74, 6) is -0.298. The van der Waals surface area contributed by atoms with E-state index in [-0.39, 0.29) is 5.41 Å². The first-order valence-electron chi connectivity index (χ1n) is 11.2. The molecule has 6 rings (SSSR count). The molecule has 0 unspecified atom stereocenters. The van der Waals surface area contributed by atoms with Crippen molar-refractivity contribution in [1.82, 2.24) is 4.90 Å². The summed E-state index contributed by atoms with van der Waals surface area (Å²) in [6.45, 7) is 1.07. The van der Waals surface area contributed by atoms with Crippen LogP contribution in [0.5, 0.6) is 5.75 Å². The van der Waals surface area contributed by atoms with Gasteiger partial charge in [0, 0.05) is 6.04 Å². The molecule has 1 saturated carbocycles. The highest BCUT2D eigenvalue weighted by Crippen LogP contribution is 2.55. The van der Waals surface area contributed by atoms with Gasteiger partial charge in [0.05, 0.1) is 0 Å². The first-order valence-corrected chi connectivity index (χ1v) is 11.2. The molecule has 2 aliphatic carbocycles. The van der Waals surface area contributed by atoms with Gasteiger partial charge in [-0.2, -0.15) is 0 Å². The Hall–Kier alpha value is -1.71. The van der Waals surface area contributed by atoms with E-state index in [1.54, 1.807) is 0 Å². The van der Waals surface area contributed by atoms with Crippen LogP contribution in [-0.2, 0) is 21.4 Å². The molecule has 0 radical (unpaired) electrons. The molecule has 3 saturated heterocycles. The van der Waals surface area contributed by atoms with Gasteiger partial charge < -0.3 is 34.8 Å². The van der Waals surface area contributed by atoms with Gasteiger partial charge >= 0.3 is 5.97 Å². The third-order valence-electron chi connectivity index (χ3n) is 8.24. The third-order valence-corrected chi connectivity index (χ3v) is 8.24. The van der Waals surface area contributed by atoms with Gasteiger partial charge in [-0.15, -0.1) is 0 Å². The highest BCUT2D eigenvalue weighted by Gasteiger charge is 2.51. The molecular weight excluding hydrogens is 402 g/mol. The SMILES string of the molecule is CN1CC[C@]23CC[C@@H]1C[C@H]2CCc1ccc(O[C@@H]2O[C@H](C(=O)O)[C@@H](O)[C@H](O)[C@H]2O)cc13. The van der Waals surface area contributed by atoms with Crippen molar-refractivity contribution in [2.75, 3.05) is 13.6 Å². The Morgan fingerprint density at radius 1 is 1.16 bits per heavy atom. The summed E-state index contributed by atoms with van der Waals surface area (Å²) in [4.78, 5) is 13.9. The summed E-state index contributed by atoms with van der Waals surface area (Å²) >= 11 is 0. The number of rotatable bonds is 3. The lowest BCUT2D eigenvalue weighted by Crippen LogP contribution is -2.61. The largest absolute Gasteiger partial charge is 0.479 e. The molecule has 5 aliphatic rings. The van der Waals surface area contributed by atoms with Gasteiger partial charge in [-0.05, 0) is 86.7 Å². The molecule has 0 aromatic heterocycles. The van der Waals surface area contributed by atoms with E-state index >= 15 is 0 Å². The van der Waals surface area contributed by atoms with E-state index in [1.807, 2.05) is 12.1 Å². The minimum absolute atomic E-state index is 0.125. The predicted octanol–water partition coefficient (Wildman–Crippen LogP) is 0.646. The van der Waals surface area contributed by atoms with Crippen molar-refractivity contribution in [3.63, 3.8) is 0 Å². The van der Waals surface area contributed by atoms with Crippen LogP contribution in [-0.4, -0.2) is 81.6 Å². The van der Waals surface area contributed by atoms with Gasteiger partial charge in [0.1, 0.15) is 24.1 Å². The third kappa shape index (κ3) is 3.36. The number of hydrogen-bond acceptors (Lipinski definition) is 7. The normalized spacial score (nSPS) is 42.4. The van der Waals surface area contributed by atoms with Crippen molar-refractivity contribution >= 4 is 5.97 Å². The summed E-state index contributed by atoms with van der Waals surface area (Å²) in [7, 11) is 2.22. The van der Waals surface area contributed by atoms with Crippen LogP contribution in [0, 0.1) is 5.92 Å². The Bertz CT molecular complexity index is 862. The first kappa shape index (κ1) is 21.2. The summed E-state index contributed by atoms with van der Waals surface area (Å²) < 4.78 is 11.2. The molecular formula is C23H31NO7. The molecule has 170 valence electrons. The lowest BCUT2D eigenvalue weighted by Gasteiger charge is -2.49. The number of benzene rings is 1. The van der Waals surface area contributed by atoms with Crippen LogP contribution in [0.1, 0.15) is 43.2 Å². The van der Waals surface area contributed by atoms with Crippen LogP contribution in [0.2, 0.25) is 0 Å². The lowest BCUT2D eigenvalue weighted by molar-refractivity contribution is -0.271. The Balaban J connectivity index is 1.44. The molecule has 8 nitrogen and oxygen atoms in total. The van der Waals surface area contributed by atoms with Crippen molar-refractivity contribution in [2.45, 2.75) is 80.7 Å². The van der Waals surface area contributed by atoms with E-state index in [4.69, 9.17) is 9.47 Å². The van der Waals surface area contributed by atoms with E-state index in [0.29, 0.717) is 17.7 Å². The zero-order valence-electron chi connectivity index (χ0n) is 17.7. The van der Waals surface area contributed by atoms with E-state index in [2.05, 4.69) is 18.0 Å². The number of carboxylic acids is 1. The molecule has 1 spiro atoms. The molecule has 8 atom stereocenters. The van der Waals surface area contributed by atoms with Crippen molar-refractivity contribution in [2.24, 2.45) is 5.92 Å². The smallest absolute Gasteiger partial charge is 0.335 e. The molecule has 2 bridgehead atoms. The van der Waals surface area contributed by atoms with Crippen molar-refractivity contribution in [3.8, 4) is 5.75 Å². The second-order valence-corrected chi connectivity index (χ2v) is 9.72. The quantitative estimate of drug-likeness (QED) is 0.549. The Morgan fingerprint density at radius 3 is 2.74 bits per heavy atom. The average Bonchev–Trinajstić information content (AvgIpc) is 3.01. The maximum Gasteiger partial charge on any atom is 0.335 e. The standard InChI is InChI=1S/C23H31NO7/c1-24-9-8-23-7-6-14(24)10-13(23)4-2-12-3-5-15(11-16(12)23)30-22-19(27)17(25)18(26)20(31-22)21(28)29/h3,5,11,13-14,17-20,22,25-27H,2,4,6-10H2,1H3,(H,28,29)/t13-,14-,17+,18+,19-,20+,22-,23-/m1/s1. The van der Waals surface area contributed by atoms with Gasteiger partial charge in [-0.1, -0.05) is 6.07 Å². The van der Waals surface area contributed by atoms with E-state index in [0.717, 1.165) is 25.8 Å². The van der Waals surface area contributed by atoms with Crippen LogP contribution in [0.15, 0.2) is 18.2 Å². The van der Waals surface area contributed by atoms with Gasteiger partial charge in [0.15, 0.2) is 6.10 Å². The first-order chi connectivity index (χ1) is 14.8.